The molecule has 0 aliphatic carbocycles. The zero-order valence-corrected chi connectivity index (χ0v) is 21.8. The molecule has 204 valence electrons. The highest BCUT2D eigenvalue weighted by molar-refractivity contribution is 6.66. The van der Waals surface area contributed by atoms with Crippen LogP contribution in [0.2, 0.25) is 0 Å². The fraction of sp³-hybridized carbons (Fsp3) is 0.296. The van der Waals surface area contributed by atoms with E-state index in [0.717, 1.165) is 48.6 Å². The summed E-state index contributed by atoms with van der Waals surface area (Å²) in [6.45, 7) is 6.74. The van der Waals surface area contributed by atoms with Gasteiger partial charge >= 0.3 is 6.09 Å². The Morgan fingerprint density at radius 3 is 1.55 bits per heavy atom. The highest BCUT2D eigenvalue weighted by Crippen LogP contribution is 2.16. The van der Waals surface area contributed by atoms with Crippen molar-refractivity contribution in [1.82, 2.24) is 9.80 Å². The number of benzene rings is 2. The molecule has 11 heteroatoms. The van der Waals surface area contributed by atoms with Crippen LogP contribution in [0.1, 0.15) is 31.9 Å². The molecular formula is C27H27ClF4N2O4. The molecule has 2 amide bonds. The SMILES string of the molecule is CC(C)(C)OC(=O)N1CCN(C(=O)C=Cc2c(F)cccc2F)CC1.O=C(Cl)C=Cc1c(F)cccc1F. The molecule has 1 aliphatic heterocycles. The van der Waals surface area contributed by atoms with Gasteiger partial charge in [-0.3, -0.25) is 9.59 Å². The standard InChI is InChI=1S/C18H22F2N2O3.C9H5ClF2O/c1-18(2,3)25-17(24)22-11-9-21(10-12-22)16(23)8-7-13-14(19)5-4-6-15(13)20;10-9(13)5-4-6-7(11)2-1-3-8(6)12/h4-8H,9-12H2,1-3H3;1-5H. The molecule has 3 rings (SSSR count). The molecule has 1 fully saturated rings. The number of piperazine rings is 1. The summed E-state index contributed by atoms with van der Waals surface area (Å²) in [7, 11) is 0. The van der Waals surface area contributed by atoms with Gasteiger partial charge in [-0.2, -0.15) is 0 Å². The van der Waals surface area contributed by atoms with Gasteiger partial charge in [-0.25, -0.2) is 22.4 Å². The topological polar surface area (TPSA) is 66.9 Å². The Bertz CT molecular complexity index is 1180. The second-order valence-corrected chi connectivity index (χ2v) is 9.41. The minimum Gasteiger partial charge on any atom is -0.444 e. The first-order chi connectivity index (χ1) is 17.8. The molecule has 0 saturated carbocycles. The molecule has 0 atom stereocenters. The molecule has 1 saturated heterocycles. The number of carbonyl (C=O) groups excluding carboxylic acids is 3. The van der Waals surface area contributed by atoms with Crippen molar-refractivity contribution in [3.05, 3.63) is 82.9 Å². The number of hydrogen-bond acceptors (Lipinski definition) is 4. The first-order valence-corrected chi connectivity index (χ1v) is 11.9. The third kappa shape index (κ3) is 9.66. The Labute approximate surface area is 223 Å². The second-order valence-electron chi connectivity index (χ2n) is 9.03. The molecule has 2 aromatic rings. The first-order valence-electron chi connectivity index (χ1n) is 11.5. The van der Waals surface area contributed by atoms with Crippen molar-refractivity contribution in [3.8, 4) is 0 Å². The van der Waals surface area contributed by atoms with E-state index in [4.69, 9.17) is 16.3 Å². The van der Waals surface area contributed by atoms with E-state index >= 15 is 0 Å². The summed E-state index contributed by atoms with van der Waals surface area (Å²) in [6, 6.07) is 6.97. The van der Waals surface area contributed by atoms with E-state index in [1.54, 1.807) is 20.8 Å². The van der Waals surface area contributed by atoms with E-state index in [1.807, 2.05) is 0 Å². The lowest BCUT2D eigenvalue weighted by Gasteiger charge is -2.35. The van der Waals surface area contributed by atoms with Crippen LogP contribution in [0.3, 0.4) is 0 Å². The van der Waals surface area contributed by atoms with Crippen LogP contribution in [0.15, 0.2) is 48.6 Å². The Morgan fingerprint density at radius 1 is 0.763 bits per heavy atom. The van der Waals surface area contributed by atoms with Gasteiger partial charge in [0.1, 0.15) is 28.9 Å². The van der Waals surface area contributed by atoms with Crippen LogP contribution in [-0.4, -0.2) is 58.8 Å². The van der Waals surface area contributed by atoms with E-state index in [0.29, 0.717) is 26.2 Å². The predicted octanol–water partition coefficient (Wildman–Crippen LogP) is 5.80. The van der Waals surface area contributed by atoms with Crippen molar-refractivity contribution in [2.45, 2.75) is 26.4 Å². The molecule has 0 aromatic heterocycles. The van der Waals surface area contributed by atoms with Crippen LogP contribution < -0.4 is 0 Å². The number of halogens is 5. The zero-order chi connectivity index (χ0) is 28.5. The monoisotopic (exact) mass is 554 g/mol. The maximum Gasteiger partial charge on any atom is 0.410 e. The van der Waals surface area contributed by atoms with E-state index in [9.17, 15) is 31.9 Å². The van der Waals surface area contributed by atoms with Crippen LogP contribution in [0.5, 0.6) is 0 Å². The van der Waals surface area contributed by atoms with Crippen molar-refractivity contribution in [2.24, 2.45) is 0 Å². The van der Waals surface area contributed by atoms with E-state index in [2.05, 4.69) is 0 Å². The van der Waals surface area contributed by atoms with Gasteiger partial charge in [0.05, 0.1) is 0 Å². The molecular weight excluding hydrogens is 528 g/mol. The number of ether oxygens (including phenoxy) is 1. The Balaban J connectivity index is 0.000000328. The smallest absolute Gasteiger partial charge is 0.410 e. The average molecular weight is 555 g/mol. The number of allylic oxidation sites excluding steroid dienone is 1. The van der Waals surface area contributed by atoms with E-state index < -0.39 is 40.2 Å². The van der Waals surface area contributed by atoms with E-state index in [-0.39, 0.29) is 17.0 Å². The van der Waals surface area contributed by atoms with Gasteiger partial charge in [0, 0.05) is 43.4 Å². The van der Waals surface area contributed by atoms with Gasteiger partial charge in [0.2, 0.25) is 11.1 Å². The first kappa shape index (κ1) is 30.6. The molecule has 6 nitrogen and oxygen atoms in total. The lowest BCUT2D eigenvalue weighted by Crippen LogP contribution is -2.51. The molecule has 1 heterocycles. The van der Waals surface area contributed by atoms with Crippen molar-refractivity contribution < 1.29 is 36.7 Å². The quantitative estimate of drug-likeness (QED) is 0.272. The fourth-order valence-electron chi connectivity index (χ4n) is 3.18. The Morgan fingerprint density at radius 2 is 1.16 bits per heavy atom. The lowest BCUT2D eigenvalue weighted by molar-refractivity contribution is -0.127. The summed E-state index contributed by atoms with van der Waals surface area (Å²) in [5.74, 6) is -3.26. The van der Waals surface area contributed by atoms with Crippen LogP contribution in [0.25, 0.3) is 12.2 Å². The van der Waals surface area contributed by atoms with Crippen LogP contribution in [-0.2, 0) is 14.3 Å². The normalized spacial score (nSPS) is 13.9. The van der Waals surface area contributed by atoms with Crippen LogP contribution >= 0.6 is 11.6 Å². The van der Waals surface area contributed by atoms with Crippen molar-refractivity contribution >= 4 is 41.0 Å². The summed E-state index contributed by atoms with van der Waals surface area (Å²) in [4.78, 5) is 37.5. The van der Waals surface area contributed by atoms with E-state index in [1.165, 1.54) is 21.9 Å². The molecule has 1 aliphatic rings. The molecule has 2 aromatic carbocycles. The van der Waals surface area contributed by atoms with Gasteiger partial charge in [0.25, 0.3) is 0 Å². The van der Waals surface area contributed by atoms with Gasteiger partial charge in [-0.1, -0.05) is 12.1 Å². The molecule has 0 bridgehead atoms. The van der Waals surface area contributed by atoms with Crippen molar-refractivity contribution in [1.29, 1.82) is 0 Å². The maximum absolute atomic E-state index is 13.5. The summed E-state index contributed by atoms with van der Waals surface area (Å²) < 4.78 is 58.1. The third-order valence-electron chi connectivity index (χ3n) is 5.02. The average Bonchev–Trinajstić information content (AvgIpc) is 2.82. The largest absolute Gasteiger partial charge is 0.444 e. The van der Waals surface area contributed by atoms with Gasteiger partial charge in [-0.05, 0) is 74.9 Å². The molecule has 0 spiro atoms. The molecule has 0 radical (unpaired) electrons. The Hall–Kier alpha value is -3.66. The second kappa shape index (κ2) is 13.8. The van der Waals surface area contributed by atoms with Gasteiger partial charge in [0.15, 0.2) is 0 Å². The minimum absolute atomic E-state index is 0.247. The fourth-order valence-corrected chi connectivity index (χ4v) is 3.25. The van der Waals surface area contributed by atoms with Crippen LogP contribution in [0.4, 0.5) is 22.4 Å². The summed E-state index contributed by atoms with van der Waals surface area (Å²) in [6.07, 6.45) is 3.75. The van der Waals surface area contributed by atoms with Crippen molar-refractivity contribution in [3.63, 3.8) is 0 Å². The molecule has 0 N–H and O–H groups in total. The number of hydrogen-bond donors (Lipinski definition) is 0. The summed E-state index contributed by atoms with van der Waals surface area (Å²) in [5.41, 5.74) is -1.09. The number of nitrogens with zero attached hydrogens (tertiary/aromatic N) is 2. The number of carbonyl (C=O) groups is 3. The number of rotatable bonds is 4. The van der Waals surface area contributed by atoms with Crippen LogP contribution in [0, 0.1) is 23.3 Å². The summed E-state index contributed by atoms with van der Waals surface area (Å²) in [5, 5.41) is -0.775. The number of amides is 2. The minimum atomic E-state index is -0.775. The van der Waals surface area contributed by atoms with Gasteiger partial charge < -0.3 is 14.5 Å². The molecule has 0 unspecified atom stereocenters. The maximum atomic E-state index is 13.5. The van der Waals surface area contributed by atoms with Gasteiger partial charge in [-0.15, -0.1) is 0 Å². The predicted molar refractivity (Wildman–Crippen MR) is 136 cm³/mol. The highest BCUT2D eigenvalue weighted by Gasteiger charge is 2.27. The highest BCUT2D eigenvalue weighted by atomic mass is 35.5. The van der Waals surface area contributed by atoms with Crippen molar-refractivity contribution in [2.75, 3.05) is 26.2 Å². The molecule has 38 heavy (non-hydrogen) atoms. The third-order valence-corrected chi connectivity index (χ3v) is 5.14. The lowest BCUT2D eigenvalue weighted by atomic mass is 10.2. The zero-order valence-electron chi connectivity index (χ0n) is 21.0. The summed E-state index contributed by atoms with van der Waals surface area (Å²) >= 11 is 4.96. The Kier molecular flexibility index (Phi) is 11.1.